The van der Waals surface area contributed by atoms with Crippen molar-refractivity contribution in [3.8, 4) is 17.1 Å². The van der Waals surface area contributed by atoms with Crippen molar-refractivity contribution < 1.29 is 9.32 Å². The van der Waals surface area contributed by atoms with Crippen molar-refractivity contribution in [2.75, 3.05) is 13.1 Å². The molecule has 0 saturated carbocycles. The van der Waals surface area contributed by atoms with Gasteiger partial charge < -0.3 is 14.0 Å². The SMILES string of the molecule is O=C(c1ccc(-n2cccc2)cc1)N1CCC[C@@H](Cc2nc(-c3ccsc3)no2)C1. The molecule has 1 atom stereocenters. The van der Waals surface area contributed by atoms with Gasteiger partial charge in [-0.3, -0.25) is 4.79 Å². The molecule has 30 heavy (non-hydrogen) atoms. The van der Waals surface area contributed by atoms with Crippen molar-refractivity contribution in [3.05, 3.63) is 77.1 Å². The first-order chi connectivity index (χ1) is 14.8. The van der Waals surface area contributed by atoms with E-state index in [1.165, 1.54) is 0 Å². The number of carbonyl (C=O) groups is 1. The minimum absolute atomic E-state index is 0.0863. The number of rotatable bonds is 5. The minimum atomic E-state index is 0.0863. The highest BCUT2D eigenvalue weighted by Gasteiger charge is 2.26. The highest BCUT2D eigenvalue weighted by atomic mass is 32.1. The molecular formula is C23H22N4O2S. The van der Waals surface area contributed by atoms with Gasteiger partial charge in [-0.25, -0.2) is 0 Å². The zero-order valence-corrected chi connectivity index (χ0v) is 17.3. The third-order valence-corrected chi connectivity index (χ3v) is 6.22. The van der Waals surface area contributed by atoms with E-state index in [9.17, 15) is 4.79 Å². The molecule has 0 radical (unpaired) electrons. The van der Waals surface area contributed by atoms with Gasteiger partial charge in [-0.1, -0.05) is 5.16 Å². The Kier molecular flexibility index (Phi) is 5.19. The molecule has 152 valence electrons. The van der Waals surface area contributed by atoms with Gasteiger partial charge in [0.1, 0.15) is 0 Å². The molecule has 4 aromatic rings. The van der Waals surface area contributed by atoms with Crippen LogP contribution in [0.2, 0.25) is 0 Å². The van der Waals surface area contributed by atoms with Gasteiger partial charge in [-0.05, 0) is 66.6 Å². The monoisotopic (exact) mass is 418 g/mol. The number of likely N-dealkylation sites (tertiary alicyclic amines) is 1. The van der Waals surface area contributed by atoms with Crippen molar-refractivity contribution in [3.63, 3.8) is 0 Å². The normalized spacial score (nSPS) is 16.7. The van der Waals surface area contributed by atoms with Gasteiger partial charge in [0.2, 0.25) is 11.7 Å². The van der Waals surface area contributed by atoms with Gasteiger partial charge in [-0.15, -0.1) is 0 Å². The predicted octanol–water partition coefficient (Wildman–Crippen LogP) is 4.68. The molecule has 1 saturated heterocycles. The molecule has 1 aliphatic heterocycles. The van der Waals surface area contributed by atoms with Gasteiger partial charge >= 0.3 is 0 Å². The lowest BCUT2D eigenvalue weighted by Gasteiger charge is -2.32. The van der Waals surface area contributed by atoms with E-state index in [-0.39, 0.29) is 5.91 Å². The summed E-state index contributed by atoms with van der Waals surface area (Å²) < 4.78 is 7.49. The Bertz CT molecular complexity index is 1100. The number of hydrogen-bond acceptors (Lipinski definition) is 5. The molecule has 4 heterocycles. The standard InChI is InChI=1S/C23H22N4O2S/c28-23(18-5-7-20(8-6-18)26-10-1-2-11-26)27-12-3-4-17(15-27)14-21-24-22(25-29-21)19-9-13-30-16-19/h1-2,5-11,13,16-17H,3-4,12,14-15H2/t17-/m0/s1. The first-order valence-electron chi connectivity index (χ1n) is 10.1. The second kappa shape index (κ2) is 8.28. The Labute approximate surface area is 178 Å². The highest BCUT2D eigenvalue weighted by Crippen LogP contribution is 2.24. The summed E-state index contributed by atoms with van der Waals surface area (Å²) in [7, 11) is 0. The summed E-state index contributed by atoms with van der Waals surface area (Å²) in [6.45, 7) is 1.51. The largest absolute Gasteiger partial charge is 0.339 e. The molecule has 0 unspecified atom stereocenters. The van der Waals surface area contributed by atoms with E-state index in [2.05, 4.69) is 10.1 Å². The van der Waals surface area contributed by atoms with Crippen molar-refractivity contribution in [1.29, 1.82) is 0 Å². The van der Waals surface area contributed by atoms with Gasteiger partial charge in [0.15, 0.2) is 0 Å². The van der Waals surface area contributed by atoms with E-state index in [1.54, 1.807) is 11.3 Å². The molecule has 1 aromatic carbocycles. The van der Waals surface area contributed by atoms with E-state index < -0.39 is 0 Å². The van der Waals surface area contributed by atoms with E-state index >= 15 is 0 Å². The lowest BCUT2D eigenvalue weighted by Crippen LogP contribution is -2.40. The van der Waals surface area contributed by atoms with Crippen LogP contribution in [-0.4, -0.2) is 38.6 Å². The number of amides is 1. The van der Waals surface area contributed by atoms with Crippen LogP contribution in [0.1, 0.15) is 29.1 Å². The van der Waals surface area contributed by atoms with E-state index in [1.807, 2.05) is 75.1 Å². The lowest BCUT2D eigenvalue weighted by atomic mass is 9.94. The second-order valence-corrected chi connectivity index (χ2v) is 8.40. The van der Waals surface area contributed by atoms with E-state index in [0.29, 0.717) is 30.6 Å². The van der Waals surface area contributed by atoms with Crippen LogP contribution in [0.15, 0.2) is 70.1 Å². The Balaban J connectivity index is 1.23. The Hall–Kier alpha value is -3.19. The summed E-state index contributed by atoms with van der Waals surface area (Å²) in [6, 6.07) is 13.7. The molecule has 6 nitrogen and oxygen atoms in total. The topological polar surface area (TPSA) is 64.2 Å². The van der Waals surface area contributed by atoms with Crippen LogP contribution in [0.25, 0.3) is 17.1 Å². The van der Waals surface area contributed by atoms with Crippen molar-refractivity contribution in [2.45, 2.75) is 19.3 Å². The molecule has 0 N–H and O–H groups in total. The maximum Gasteiger partial charge on any atom is 0.253 e. The summed E-state index contributed by atoms with van der Waals surface area (Å²) in [5.74, 6) is 1.70. The molecule has 0 aliphatic carbocycles. The zero-order chi connectivity index (χ0) is 20.3. The molecule has 3 aromatic heterocycles. The maximum absolute atomic E-state index is 13.0. The van der Waals surface area contributed by atoms with Crippen LogP contribution in [0.5, 0.6) is 0 Å². The van der Waals surface area contributed by atoms with Gasteiger partial charge in [-0.2, -0.15) is 16.3 Å². The molecule has 5 rings (SSSR count). The molecule has 1 amide bonds. The fourth-order valence-electron chi connectivity index (χ4n) is 3.98. The quantitative estimate of drug-likeness (QED) is 0.472. The molecule has 1 fully saturated rings. The zero-order valence-electron chi connectivity index (χ0n) is 16.5. The molecule has 0 spiro atoms. The van der Waals surface area contributed by atoms with Crippen molar-refractivity contribution in [2.24, 2.45) is 5.92 Å². The van der Waals surface area contributed by atoms with Gasteiger partial charge in [0.05, 0.1) is 0 Å². The Morgan fingerprint density at radius 3 is 2.77 bits per heavy atom. The summed E-state index contributed by atoms with van der Waals surface area (Å²) in [5, 5.41) is 8.11. The highest BCUT2D eigenvalue weighted by molar-refractivity contribution is 7.08. The number of carbonyl (C=O) groups excluding carboxylic acids is 1. The van der Waals surface area contributed by atoms with Crippen molar-refractivity contribution >= 4 is 17.2 Å². The number of benzene rings is 1. The minimum Gasteiger partial charge on any atom is -0.339 e. The number of piperidine rings is 1. The Morgan fingerprint density at radius 2 is 2.00 bits per heavy atom. The third kappa shape index (κ3) is 3.93. The first kappa shape index (κ1) is 18.8. The van der Waals surface area contributed by atoms with E-state index in [4.69, 9.17) is 4.52 Å². The average molecular weight is 419 g/mol. The van der Waals surface area contributed by atoms with Crippen LogP contribution >= 0.6 is 11.3 Å². The third-order valence-electron chi connectivity index (χ3n) is 5.53. The van der Waals surface area contributed by atoms with Gasteiger partial charge in [0, 0.05) is 54.1 Å². The lowest BCUT2D eigenvalue weighted by molar-refractivity contribution is 0.0668. The van der Waals surface area contributed by atoms with Crippen LogP contribution in [0.4, 0.5) is 0 Å². The predicted molar refractivity (Wildman–Crippen MR) is 116 cm³/mol. The maximum atomic E-state index is 13.0. The molecule has 7 heteroatoms. The molecular weight excluding hydrogens is 396 g/mol. The molecule has 1 aliphatic rings. The Morgan fingerprint density at radius 1 is 1.17 bits per heavy atom. The van der Waals surface area contributed by atoms with Gasteiger partial charge in [0.25, 0.3) is 5.91 Å². The first-order valence-corrected chi connectivity index (χ1v) is 11.1. The summed E-state index contributed by atoms with van der Waals surface area (Å²) in [4.78, 5) is 19.5. The summed E-state index contributed by atoms with van der Waals surface area (Å²) in [6.07, 6.45) is 6.74. The van der Waals surface area contributed by atoms with Crippen molar-refractivity contribution in [1.82, 2.24) is 19.6 Å². The number of aromatic nitrogens is 3. The second-order valence-electron chi connectivity index (χ2n) is 7.62. The van der Waals surface area contributed by atoms with Crippen LogP contribution in [0, 0.1) is 5.92 Å². The number of hydrogen-bond donors (Lipinski definition) is 0. The van der Waals surface area contributed by atoms with Crippen LogP contribution in [0.3, 0.4) is 0 Å². The molecule has 0 bridgehead atoms. The smallest absolute Gasteiger partial charge is 0.253 e. The van der Waals surface area contributed by atoms with Crippen LogP contribution < -0.4 is 0 Å². The number of thiophene rings is 1. The fraction of sp³-hybridized carbons (Fsp3) is 0.261. The summed E-state index contributed by atoms with van der Waals surface area (Å²) in [5.41, 5.74) is 2.76. The summed E-state index contributed by atoms with van der Waals surface area (Å²) >= 11 is 1.61. The van der Waals surface area contributed by atoms with E-state index in [0.717, 1.165) is 36.2 Å². The van der Waals surface area contributed by atoms with Crippen LogP contribution in [-0.2, 0) is 6.42 Å². The fourth-order valence-corrected chi connectivity index (χ4v) is 4.61. The average Bonchev–Trinajstić information content (AvgIpc) is 3.56. The number of nitrogens with zero attached hydrogens (tertiary/aromatic N) is 4.